The molecule has 0 saturated carbocycles. The first kappa shape index (κ1) is 15.1. The summed E-state index contributed by atoms with van der Waals surface area (Å²) in [7, 11) is 0. The molecule has 4 rings (SSSR count). The van der Waals surface area contributed by atoms with E-state index in [0.29, 0.717) is 22.8 Å². The van der Waals surface area contributed by atoms with E-state index in [0.717, 1.165) is 0 Å². The van der Waals surface area contributed by atoms with Crippen LogP contribution < -0.4 is 10.6 Å². The lowest BCUT2D eigenvalue weighted by Crippen LogP contribution is -2.29. The molecular formula is C18H14FN5O. The second-order valence-electron chi connectivity index (χ2n) is 5.49. The van der Waals surface area contributed by atoms with Crippen molar-refractivity contribution in [3.63, 3.8) is 0 Å². The summed E-state index contributed by atoms with van der Waals surface area (Å²) in [6.45, 7) is 0. The lowest BCUT2D eigenvalue weighted by molar-refractivity contribution is -0.113. The average Bonchev–Trinajstić information content (AvgIpc) is 3.03. The number of carbonyl (C=O) groups is 1. The number of nitrogens with one attached hydrogen (secondary N) is 2. The van der Waals surface area contributed by atoms with Crippen molar-refractivity contribution in [2.45, 2.75) is 6.17 Å². The summed E-state index contributed by atoms with van der Waals surface area (Å²) in [6.07, 6.45) is 9.68. The van der Waals surface area contributed by atoms with E-state index in [9.17, 15) is 9.18 Å². The van der Waals surface area contributed by atoms with Gasteiger partial charge >= 0.3 is 0 Å². The van der Waals surface area contributed by atoms with E-state index in [1.807, 2.05) is 29.3 Å². The third-order valence-electron chi connectivity index (χ3n) is 3.96. The predicted octanol–water partition coefficient (Wildman–Crippen LogP) is 2.45. The minimum Gasteiger partial charge on any atom is -0.355 e. The van der Waals surface area contributed by atoms with Gasteiger partial charge in [0, 0.05) is 18.0 Å². The minimum atomic E-state index is -0.497. The molecule has 1 atom stereocenters. The Hall–Kier alpha value is -3.48. The summed E-state index contributed by atoms with van der Waals surface area (Å²) in [5.74, 6) is -0.289. The number of nitrogens with zero attached hydrogens (tertiary/aromatic N) is 3. The van der Waals surface area contributed by atoms with Crippen LogP contribution in [0.4, 0.5) is 10.2 Å². The Kier molecular flexibility index (Phi) is 3.74. The molecule has 2 aliphatic heterocycles. The van der Waals surface area contributed by atoms with Crippen LogP contribution >= 0.6 is 0 Å². The third-order valence-corrected chi connectivity index (χ3v) is 3.96. The first-order valence-corrected chi connectivity index (χ1v) is 7.70. The van der Waals surface area contributed by atoms with Gasteiger partial charge in [0.15, 0.2) is 0 Å². The van der Waals surface area contributed by atoms with Crippen molar-refractivity contribution in [1.29, 1.82) is 0 Å². The third kappa shape index (κ3) is 2.76. The number of carbonyl (C=O) groups excluding carboxylic acids is 1. The fourth-order valence-corrected chi connectivity index (χ4v) is 2.82. The summed E-state index contributed by atoms with van der Waals surface area (Å²) < 4.78 is 14.2. The number of rotatable bonds is 3. The summed E-state index contributed by atoms with van der Waals surface area (Å²) in [4.78, 5) is 22.3. The molecule has 0 saturated heterocycles. The average molecular weight is 335 g/mol. The monoisotopic (exact) mass is 335 g/mol. The molecule has 1 aromatic carbocycles. The van der Waals surface area contributed by atoms with Gasteiger partial charge in [0.05, 0.1) is 5.70 Å². The maximum Gasteiger partial charge on any atom is 0.275 e. The Morgan fingerprint density at radius 3 is 2.92 bits per heavy atom. The molecule has 6 nitrogen and oxygen atoms in total. The van der Waals surface area contributed by atoms with E-state index in [1.165, 1.54) is 12.4 Å². The minimum absolute atomic E-state index is 0.334. The van der Waals surface area contributed by atoms with Gasteiger partial charge in [0.2, 0.25) is 0 Å². The van der Waals surface area contributed by atoms with Crippen LogP contribution in [0.25, 0.3) is 0 Å². The number of benzene rings is 1. The van der Waals surface area contributed by atoms with Crippen LogP contribution in [0.3, 0.4) is 0 Å². The molecule has 2 aliphatic rings. The van der Waals surface area contributed by atoms with Crippen molar-refractivity contribution in [1.82, 2.24) is 20.2 Å². The van der Waals surface area contributed by atoms with Crippen molar-refractivity contribution in [3.05, 3.63) is 90.1 Å². The Labute approximate surface area is 143 Å². The maximum absolute atomic E-state index is 14.2. The largest absolute Gasteiger partial charge is 0.355 e. The highest BCUT2D eigenvalue weighted by Gasteiger charge is 2.35. The zero-order valence-electron chi connectivity index (χ0n) is 13.1. The molecule has 124 valence electrons. The second kappa shape index (κ2) is 6.20. The molecule has 7 heteroatoms. The number of fused-ring (bicyclic) bond motifs is 1. The van der Waals surface area contributed by atoms with E-state index in [2.05, 4.69) is 20.6 Å². The normalized spacial score (nSPS) is 18.1. The molecule has 25 heavy (non-hydrogen) atoms. The van der Waals surface area contributed by atoms with Gasteiger partial charge in [-0.25, -0.2) is 14.4 Å². The quantitative estimate of drug-likeness (QED) is 0.902. The van der Waals surface area contributed by atoms with Crippen molar-refractivity contribution < 1.29 is 9.18 Å². The van der Waals surface area contributed by atoms with Crippen molar-refractivity contribution >= 4 is 11.7 Å². The van der Waals surface area contributed by atoms with Gasteiger partial charge < -0.3 is 15.5 Å². The van der Waals surface area contributed by atoms with Crippen LogP contribution in [0.2, 0.25) is 0 Å². The molecule has 2 aromatic rings. The number of hydrogen-bond donors (Lipinski definition) is 2. The molecule has 2 N–H and O–H groups in total. The Morgan fingerprint density at radius 2 is 2.12 bits per heavy atom. The van der Waals surface area contributed by atoms with Gasteiger partial charge in [-0.1, -0.05) is 24.3 Å². The highest BCUT2D eigenvalue weighted by molar-refractivity contribution is 6.04. The van der Waals surface area contributed by atoms with Crippen LogP contribution in [0.5, 0.6) is 0 Å². The molecule has 0 spiro atoms. The van der Waals surface area contributed by atoms with Crippen molar-refractivity contribution in [2.75, 3.05) is 5.32 Å². The molecule has 0 fully saturated rings. The molecule has 0 aliphatic carbocycles. The molecule has 0 radical (unpaired) electrons. The Balaban J connectivity index is 1.66. The molecule has 1 amide bonds. The number of allylic oxidation sites excluding steroid dienone is 3. The topological polar surface area (TPSA) is 70.2 Å². The first-order chi connectivity index (χ1) is 12.2. The van der Waals surface area contributed by atoms with Crippen LogP contribution in [-0.2, 0) is 4.79 Å². The van der Waals surface area contributed by atoms with E-state index in [1.54, 1.807) is 30.5 Å². The molecule has 0 bridgehead atoms. The van der Waals surface area contributed by atoms with Crippen LogP contribution in [0.1, 0.15) is 11.7 Å². The Morgan fingerprint density at radius 1 is 1.24 bits per heavy atom. The number of aromatic nitrogens is 2. The summed E-state index contributed by atoms with van der Waals surface area (Å²) in [5, 5.41) is 5.83. The van der Waals surface area contributed by atoms with Gasteiger partial charge in [-0.05, 0) is 24.3 Å². The van der Waals surface area contributed by atoms with E-state index < -0.39 is 6.17 Å². The number of amides is 1. The van der Waals surface area contributed by atoms with Gasteiger partial charge in [-0.3, -0.25) is 4.79 Å². The highest BCUT2D eigenvalue weighted by atomic mass is 19.1. The molecular weight excluding hydrogens is 321 g/mol. The summed E-state index contributed by atoms with van der Waals surface area (Å²) in [5.41, 5.74) is 1.49. The molecule has 1 aromatic heterocycles. The van der Waals surface area contributed by atoms with Crippen LogP contribution in [-0.4, -0.2) is 20.8 Å². The number of hydrogen-bond acceptors (Lipinski definition) is 5. The lowest BCUT2D eigenvalue weighted by Gasteiger charge is -2.26. The smallest absolute Gasteiger partial charge is 0.275 e. The van der Waals surface area contributed by atoms with E-state index in [-0.39, 0.29) is 11.7 Å². The maximum atomic E-state index is 14.2. The van der Waals surface area contributed by atoms with Crippen LogP contribution in [0, 0.1) is 5.82 Å². The fourth-order valence-electron chi connectivity index (χ4n) is 2.82. The van der Waals surface area contributed by atoms with E-state index >= 15 is 0 Å². The molecule has 3 heterocycles. The van der Waals surface area contributed by atoms with Crippen molar-refractivity contribution in [2.24, 2.45) is 0 Å². The second-order valence-corrected chi connectivity index (χ2v) is 5.49. The zero-order chi connectivity index (χ0) is 17.2. The fraction of sp³-hybridized carbons (Fsp3) is 0.0556. The Bertz CT molecular complexity index is 907. The molecule has 1 unspecified atom stereocenters. The zero-order valence-corrected chi connectivity index (χ0v) is 13.1. The van der Waals surface area contributed by atoms with Gasteiger partial charge in [0.25, 0.3) is 5.91 Å². The first-order valence-electron chi connectivity index (χ1n) is 7.70. The lowest BCUT2D eigenvalue weighted by atomic mass is 10.1. The highest BCUT2D eigenvalue weighted by Crippen LogP contribution is 2.34. The predicted molar refractivity (Wildman–Crippen MR) is 90.1 cm³/mol. The summed E-state index contributed by atoms with van der Waals surface area (Å²) in [6, 6.07) is 8.10. The van der Waals surface area contributed by atoms with Crippen LogP contribution in [0.15, 0.2) is 78.7 Å². The van der Waals surface area contributed by atoms with E-state index in [4.69, 9.17) is 0 Å². The standard InChI is InChI=1S/C18H14FN5O/c19-13-6-2-1-5-12(13)17-23-16(14-7-3-4-10-24(14)17)18(25)22-15-8-9-20-11-21-15/h1-11,17,23H,(H,20,21,22,25). The van der Waals surface area contributed by atoms with Gasteiger partial charge in [-0.15, -0.1) is 0 Å². The number of anilines is 1. The SMILES string of the molecule is O=C(Nc1ccncn1)C1=C2C=CC=CN2C(c2ccccc2F)N1. The van der Waals surface area contributed by atoms with Crippen molar-refractivity contribution in [3.8, 4) is 0 Å². The van der Waals surface area contributed by atoms with Gasteiger partial charge in [-0.2, -0.15) is 0 Å². The van der Waals surface area contributed by atoms with Gasteiger partial charge in [0.1, 0.15) is 29.8 Å². The number of halogens is 1. The summed E-state index contributed by atoms with van der Waals surface area (Å²) >= 11 is 0.